The number of carbonyl (C=O) groups excluding carboxylic acids is 1. The standard InChI is InChI=1S/C23H26N2O5/c1-16-5-3-6-18(15-16)27-11-9-20(24-23-25(17(2)26)10-12-30-23)19-7-4-8-21-22(19)29-14-13-28-21/h3-8,15,20H,9-14H2,1-2H3. The molecular weight excluding hydrogens is 384 g/mol. The normalized spacial score (nSPS) is 17.5. The Morgan fingerprint density at radius 3 is 2.80 bits per heavy atom. The number of ether oxygens (including phenoxy) is 4. The van der Waals surface area contributed by atoms with Crippen molar-refractivity contribution in [3.05, 3.63) is 53.6 Å². The van der Waals surface area contributed by atoms with Crippen molar-refractivity contribution in [2.45, 2.75) is 26.3 Å². The van der Waals surface area contributed by atoms with Gasteiger partial charge in [-0.25, -0.2) is 4.99 Å². The van der Waals surface area contributed by atoms with Crippen LogP contribution in [0.4, 0.5) is 0 Å². The van der Waals surface area contributed by atoms with E-state index < -0.39 is 0 Å². The van der Waals surface area contributed by atoms with Crippen LogP contribution < -0.4 is 14.2 Å². The Bertz CT molecular complexity index is 943. The minimum Gasteiger partial charge on any atom is -0.493 e. The summed E-state index contributed by atoms with van der Waals surface area (Å²) in [6.45, 7) is 5.96. The first-order valence-electron chi connectivity index (χ1n) is 10.2. The number of rotatable bonds is 6. The van der Waals surface area contributed by atoms with Gasteiger partial charge in [0.05, 0.1) is 19.2 Å². The van der Waals surface area contributed by atoms with Crippen molar-refractivity contribution in [2.75, 3.05) is 33.0 Å². The van der Waals surface area contributed by atoms with Crippen LogP contribution in [0, 0.1) is 6.92 Å². The second-order valence-electron chi connectivity index (χ2n) is 7.27. The fourth-order valence-electron chi connectivity index (χ4n) is 3.58. The lowest BCUT2D eigenvalue weighted by atomic mass is 10.0. The summed E-state index contributed by atoms with van der Waals surface area (Å²) in [6.07, 6.45) is 0.590. The molecule has 0 saturated carbocycles. The zero-order chi connectivity index (χ0) is 20.9. The molecule has 4 rings (SSSR count). The molecular formula is C23H26N2O5. The van der Waals surface area contributed by atoms with E-state index in [0.717, 1.165) is 16.9 Å². The topological polar surface area (TPSA) is 69.6 Å². The molecule has 2 aromatic rings. The summed E-state index contributed by atoms with van der Waals surface area (Å²) in [5.74, 6) is 2.13. The number of para-hydroxylation sites is 1. The van der Waals surface area contributed by atoms with Gasteiger partial charge in [0.1, 0.15) is 25.6 Å². The molecule has 1 atom stereocenters. The maximum atomic E-state index is 11.9. The molecule has 0 aliphatic carbocycles. The molecule has 158 valence electrons. The van der Waals surface area contributed by atoms with Crippen molar-refractivity contribution < 1.29 is 23.7 Å². The molecule has 2 aliphatic rings. The van der Waals surface area contributed by atoms with Gasteiger partial charge in [0.2, 0.25) is 5.91 Å². The first-order chi connectivity index (χ1) is 14.6. The molecule has 7 nitrogen and oxygen atoms in total. The van der Waals surface area contributed by atoms with Crippen molar-refractivity contribution >= 4 is 11.9 Å². The molecule has 1 amide bonds. The summed E-state index contributed by atoms with van der Waals surface area (Å²) in [5.41, 5.74) is 2.04. The number of amidine groups is 1. The van der Waals surface area contributed by atoms with Crippen LogP contribution in [0.1, 0.15) is 30.5 Å². The molecule has 0 bridgehead atoms. The maximum absolute atomic E-state index is 11.9. The molecule has 0 N–H and O–H groups in total. The van der Waals surface area contributed by atoms with Crippen molar-refractivity contribution in [3.63, 3.8) is 0 Å². The van der Waals surface area contributed by atoms with Crippen LogP contribution in [0.25, 0.3) is 0 Å². The Hall–Kier alpha value is -3.22. The van der Waals surface area contributed by atoms with Crippen LogP contribution in [0.3, 0.4) is 0 Å². The third kappa shape index (κ3) is 4.50. The number of aryl methyl sites for hydroxylation is 1. The average molecular weight is 410 g/mol. The summed E-state index contributed by atoms with van der Waals surface area (Å²) >= 11 is 0. The predicted molar refractivity (Wildman–Crippen MR) is 112 cm³/mol. The average Bonchev–Trinajstić information content (AvgIpc) is 3.21. The highest BCUT2D eigenvalue weighted by Gasteiger charge is 2.28. The Kier molecular flexibility index (Phi) is 6.07. The van der Waals surface area contributed by atoms with E-state index >= 15 is 0 Å². The maximum Gasteiger partial charge on any atom is 0.294 e. The SMILES string of the molecule is CC(=O)N1CCOC1=NC(CCOc1cccc(C)c1)c1cccc2c1OCCO2. The highest BCUT2D eigenvalue weighted by molar-refractivity contribution is 5.94. The fraction of sp³-hybridized carbons (Fsp3) is 0.391. The number of carbonyl (C=O) groups is 1. The second kappa shape index (κ2) is 9.07. The Balaban J connectivity index is 1.59. The summed E-state index contributed by atoms with van der Waals surface area (Å²) < 4.78 is 23.2. The van der Waals surface area contributed by atoms with Crippen molar-refractivity contribution in [1.29, 1.82) is 0 Å². The molecule has 0 aromatic heterocycles. The fourth-order valence-corrected chi connectivity index (χ4v) is 3.58. The number of hydrogen-bond acceptors (Lipinski definition) is 6. The molecule has 1 fully saturated rings. The lowest BCUT2D eigenvalue weighted by Crippen LogP contribution is -2.31. The number of aliphatic imine (C=N–C) groups is 1. The van der Waals surface area contributed by atoms with E-state index in [1.807, 2.05) is 49.4 Å². The third-order valence-electron chi connectivity index (χ3n) is 5.03. The monoisotopic (exact) mass is 410 g/mol. The molecule has 30 heavy (non-hydrogen) atoms. The van der Waals surface area contributed by atoms with Crippen LogP contribution in [0.5, 0.6) is 17.2 Å². The lowest BCUT2D eigenvalue weighted by molar-refractivity contribution is -0.124. The smallest absolute Gasteiger partial charge is 0.294 e. The Morgan fingerprint density at radius 2 is 1.97 bits per heavy atom. The number of amides is 1. The van der Waals surface area contributed by atoms with E-state index in [9.17, 15) is 4.79 Å². The van der Waals surface area contributed by atoms with Gasteiger partial charge in [-0.3, -0.25) is 9.69 Å². The summed E-state index contributed by atoms with van der Waals surface area (Å²) in [4.78, 5) is 18.3. The minimum atomic E-state index is -0.304. The highest BCUT2D eigenvalue weighted by Crippen LogP contribution is 2.39. The van der Waals surface area contributed by atoms with Gasteiger partial charge in [-0.1, -0.05) is 24.3 Å². The van der Waals surface area contributed by atoms with Gasteiger partial charge in [-0.05, 0) is 30.7 Å². The van der Waals surface area contributed by atoms with Gasteiger partial charge >= 0.3 is 0 Å². The van der Waals surface area contributed by atoms with E-state index in [1.54, 1.807) is 4.90 Å². The van der Waals surface area contributed by atoms with E-state index in [-0.39, 0.29) is 11.9 Å². The van der Waals surface area contributed by atoms with Crippen LogP contribution in [-0.4, -0.2) is 49.8 Å². The third-order valence-corrected chi connectivity index (χ3v) is 5.03. The van der Waals surface area contributed by atoms with Crippen LogP contribution in [-0.2, 0) is 9.53 Å². The van der Waals surface area contributed by atoms with Crippen LogP contribution in [0.2, 0.25) is 0 Å². The van der Waals surface area contributed by atoms with Gasteiger partial charge in [0, 0.05) is 18.9 Å². The van der Waals surface area contributed by atoms with Gasteiger partial charge in [-0.2, -0.15) is 0 Å². The first-order valence-corrected chi connectivity index (χ1v) is 10.2. The molecule has 0 radical (unpaired) electrons. The quantitative estimate of drug-likeness (QED) is 0.729. The zero-order valence-corrected chi connectivity index (χ0v) is 17.3. The molecule has 7 heteroatoms. The number of nitrogens with zero attached hydrogens (tertiary/aromatic N) is 2. The van der Waals surface area contributed by atoms with E-state index in [2.05, 4.69) is 0 Å². The first kappa shape index (κ1) is 20.1. The van der Waals surface area contributed by atoms with Crippen LogP contribution >= 0.6 is 0 Å². The molecule has 0 spiro atoms. The molecule has 1 unspecified atom stereocenters. The van der Waals surface area contributed by atoms with Crippen molar-refractivity contribution in [2.24, 2.45) is 4.99 Å². The van der Waals surface area contributed by atoms with E-state index in [0.29, 0.717) is 56.9 Å². The Labute approximate surface area is 176 Å². The second-order valence-corrected chi connectivity index (χ2v) is 7.27. The predicted octanol–water partition coefficient (Wildman–Crippen LogP) is 3.51. The number of benzene rings is 2. The molecule has 1 saturated heterocycles. The summed E-state index contributed by atoms with van der Waals surface area (Å²) in [5, 5.41) is 0. The summed E-state index contributed by atoms with van der Waals surface area (Å²) in [6, 6.07) is 13.8. The molecule has 2 aliphatic heterocycles. The van der Waals surface area contributed by atoms with Gasteiger partial charge in [0.15, 0.2) is 11.5 Å². The minimum absolute atomic E-state index is 0.0873. The highest BCUT2D eigenvalue weighted by atomic mass is 16.6. The van der Waals surface area contributed by atoms with Crippen LogP contribution in [0.15, 0.2) is 47.5 Å². The van der Waals surface area contributed by atoms with Crippen molar-refractivity contribution in [3.8, 4) is 17.2 Å². The van der Waals surface area contributed by atoms with Gasteiger partial charge in [-0.15, -0.1) is 0 Å². The van der Waals surface area contributed by atoms with E-state index in [1.165, 1.54) is 6.92 Å². The van der Waals surface area contributed by atoms with E-state index in [4.69, 9.17) is 23.9 Å². The Morgan fingerprint density at radius 1 is 1.13 bits per heavy atom. The zero-order valence-electron chi connectivity index (χ0n) is 17.3. The van der Waals surface area contributed by atoms with Gasteiger partial charge in [0.25, 0.3) is 6.02 Å². The van der Waals surface area contributed by atoms with Crippen molar-refractivity contribution in [1.82, 2.24) is 4.90 Å². The lowest BCUT2D eigenvalue weighted by Gasteiger charge is -2.24. The largest absolute Gasteiger partial charge is 0.493 e. The molecule has 2 heterocycles. The van der Waals surface area contributed by atoms with Gasteiger partial charge < -0.3 is 18.9 Å². The number of fused-ring (bicyclic) bond motifs is 1. The number of hydrogen-bond donors (Lipinski definition) is 0. The summed E-state index contributed by atoms with van der Waals surface area (Å²) in [7, 11) is 0. The molecule has 2 aromatic carbocycles.